The molecule has 2 rings (SSSR count). The zero-order valence-electron chi connectivity index (χ0n) is 10.1. The fraction of sp³-hybridized carbons (Fsp3) is 0.214. The van der Waals surface area contributed by atoms with E-state index in [1.165, 1.54) is 31.5 Å². The SMILES string of the molecule is CC(O)(c1cccnc1)c1cccc(C(F)(F)F)c1. The topological polar surface area (TPSA) is 33.1 Å². The Morgan fingerprint density at radius 1 is 1.00 bits per heavy atom. The summed E-state index contributed by atoms with van der Waals surface area (Å²) in [6.45, 7) is 1.44. The first-order valence-corrected chi connectivity index (χ1v) is 5.62. The first kappa shape index (κ1) is 13.5. The molecule has 1 aromatic carbocycles. The van der Waals surface area contributed by atoms with Gasteiger partial charge in [0.05, 0.1) is 5.56 Å². The van der Waals surface area contributed by atoms with Crippen molar-refractivity contribution in [1.82, 2.24) is 4.98 Å². The van der Waals surface area contributed by atoms with Gasteiger partial charge in [0, 0.05) is 18.0 Å². The molecule has 0 bridgehead atoms. The Hall–Kier alpha value is -1.88. The summed E-state index contributed by atoms with van der Waals surface area (Å²) in [5, 5.41) is 10.4. The Bertz CT molecular complexity index is 564. The van der Waals surface area contributed by atoms with Gasteiger partial charge < -0.3 is 5.11 Å². The average Bonchev–Trinajstić information content (AvgIpc) is 2.39. The zero-order valence-corrected chi connectivity index (χ0v) is 10.1. The van der Waals surface area contributed by atoms with Crippen LogP contribution in [0, 0.1) is 0 Å². The number of nitrogens with zero attached hydrogens (tertiary/aromatic N) is 1. The molecule has 1 unspecified atom stereocenters. The third-order valence-corrected chi connectivity index (χ3v) is 2.98. The molecule has 2 aromatic rings. The van der Waals surface area contributed by atoms with E-state index in [4.69, 9.17) is 0 Å². The van der Waals surface area contributed by atoms with Crippen molar-refractivity contribution < 1.29 is 18.3 Å². The molecule has 2 nitrogen and oxygen atoms in total. The molecular formula is C14H12F3NO. The highest BCUT2D eigenvalue weighted by molar-refractivity contribution is 5.36. The lowest BCUT2D eigenvalue weighted by Crippen LogP contribution is -2.23. The van der Waals surface area contributed by atoms with Gasteiger partial charge in [-0.1, -0.05) is 18.2 Å². The van der Waals surface area contributed by atoms with E-state index >= 15 is 0 Å². The van der Waals surface area contributed by atoms with Crippen LogP contribution in [0.15, 0.2) is 48.8 Å². The van der Waals surface area contributed by atoms with E-state index < -0.39 is 17.3 Å². The highest BCUT2D eigenvalue weighted by atomic mass is 19.4. The Morgan fingerprint density at radius 3 is 2.21 bits per heavy atom. The number of rotatable bonds is 2. The van der Waals surface area contributed by atoms with E-state index in [-0.39, 0.29) is 5.56 Å². The van der Waals surface area contributed by atoms with Crippen molar-refractivity contribution >= 4 is 0 Å². The highest BCUT2D eigenvalue weighted by Crippen LogP contribution is 2.34. The van der Waals surface area contributed by atoms with Gasteiger partial charge in [-0.2, -0.15) is 13.2 Å². The Kier molecular flexibility index (Phi) is 3.32. The number of hydrogen-bond acceptors (Lipinski definition) is 2. The van der Waals surface area contributed by atoms with E-state index in [0.29, 0.717) is 5.56 Å². The Balaban J connectivity index is 2.47. The summed E-state index contributed by atoms with van der Waals surface area (Å²) >= 11 is 0. The molecule has 1 aromatic heterocycles. The van der Waals surface area contributed by atoms with Crippen molar-refractivity contribution in [3.05, 3.63) is 65.5 Å². The molecule has 1 heterocycles. The zero-order chi connectivity index (χ0) is 14.1. The second kappa shape index (κ2) is 4.66. The van der Waals surface area contributed by atoms with Crippen LogP contribution in [-0.2, 0) is 11.8 Å². The Labute approximate surface area is 108 Å². The number of benzene rings is 1. The lowest BCUT2D eigenvalue weighted by Gasteiger charge is -2.24. The van der Waals surface area contributed by atoms with Crippen molar-refractivity contribution in [3.63, 3.8) is 0 Å². The Morgan fingerprint density at radius 2 is 1.63 bits per heavy atom. The van der Waals surface area contributed by atoms with Crippen LogP contribution in [0.25, 0.3) is 0 Å². The van der Waals surface area contributed by atoms with Crippen LogP contribution in [0.4, 0.5) is 13.2 Å². The van der Waals surface area contributed by atoms with Gasteiger partial charge in [-0.05, 0) is 30.7 Å². The third kappa shape index (κ3) is 2.76. The van der Waals surface area contributed by atoms with Crippen LogP contribution >= 0.6 is 0 Å². The van der Waals surface area contributed by atoms with Gasteiger partial charge in [0.15, 0.2) is 0 Å². The van der Waals surface area contributed by atoms with Gasteiger partial charge in [0.2, 0.25) is 0 Å². The monoisotopic (exact) mass is 267 g/mol. The van der Waals surface area contributed by atoms with E-state index in [1.807, 2.05) is 0 Å². The van der Waals surface area contributed by atoms with Crippen LogP contribution in [0.3, 0.4) is 0 Å². The summed E-state index contributed by atoms with van der Waals surface area (Å²) < 4.78 is 38.0. The summed E-state index contributed by atoms with van der Waals surface area (Å²) in [6.07, 6.45) is -1.47. The number of alkyl halides is 3. The molecule has 0 fully saturated rings. The minimum atomic E-state index is -4.43. The number of pyridine rings is 1. The highest BCUT2D eigenvalue weighted by Gasteiger charge is 2.33. The lowest BCUT2D eigenvalue weighted by atomic mass is 9.88. The number of aromatic nitrogens is 1. The van der Waals surface area contributed by atoms with Crippen molar-refractivity contribution in [1.29, 1.82) is 0 Å². The summed E-state index contributed by atoms with van der Waals surface area (Å²) in [5.74, 6) is 0. The summed E-state index contributed by atoms with van der Waals surface area (Å²) in [5.41, 5.74) is -1.69. The summed E-state index contributed by atoms with van der Waals surface area (Å²) in [7, 11) is 0. The van der Waals surface area contributed by atoms with Crippen LogP contribution in [0.2, 0.25) is 0 Å². The molecular weight excluding hydrogens is 255 g/mol. The molecule has 100 valence electrons. The smallest absolute Gasteiger partial charge is 0.381 e. The van der Waals surface area contributed by atoms with Gasteiger partial charge in [0.25, 0.3) is 0 Å². The van der Waals surface area contributed by atoms with Crippen LogP contribution < -0.4 is 0 Å². The van der Waals surface area contributed by atoms with E-state index in [2.05, 4.69) is 4.98 Å². The molecule has 0 aliphatic rings. The third-order valence-electron chi connectivity index (χ3n) is 2.98. The number of hydrogen-bond donors (Lipinski definition) is 1. The van der Waals surface area contributed by atoms with Crippen molar-refractivity contribution in [2.45, 2.75) is 18.7 Å². The molecule has 1 N–H and O–H groups in total. The van der Waals surface area contributed by atoms with Gasteiger partial charge >= 0.3 is 6.18 Å². The number of aliphatic hydroxyl groups is 1. The summed E-state index contributed by atoms with van der Waals surface area (Å²) in [6, 6.07) is 7.91. The minimum Gasteiger partial charge on any atom is -0.381 e. The molecule has 5 heteroatoms. The van der Waals surface area contributed by atoms with Gasteiger partial charge in [-0.15, -0.1) is 0 Å². The second-order valence-electron chi connectivity index (χ2n) is 4.39. The molecule has 1 atom stereocenters. The predicted octanol–water partition coefficient (Wildman–Crippen LogP) is 3.36. The van der Waals surface area contributed by atoms with E-state index in [1.54, 1.807) is 12.1 Å². The lowest BCUT2D eigenvalue weighted by molar-refractivity contribution is -0.137. The molecule has 0 amide bonds. The quantitative estimate of drug-likeness (QED) is 0.905. The minimum absolute atomic E-state index is 0.176. The largest absolute Gasteiger partial charge is 0.416 e. The fourth-order valence-corrected chi connectivity index (χ4v) is 1.82. The van der Waals surface area contributed by atoms with Crippen LogP contribution in [0.5, 0.6) is 0 Å². The maximum atomic E-state index is 12.7. The van der Waals surface area contributed by atoms with Gasteiger partial charge in [-0.3, -0.25) is 4.98 Å². The van der Waals surface area contributed by atoms with E-state index in [9.17, 15) is 18.3 Å². The predicted molar refractivity (Wildman–Crippen MR) is 64.4 cm³/mol. The first-order valence-electron chi connectivity index (χ1n) is 5.62. The second-order valence-corrected chi connectivity index (χ2v) is 4.39. The van der Waals surface area contributed by atoms with Crippen molar-refractivity contribution in [2.75, 3.05) is 0 Å². The van der Waals surface area contributed by atoms with Crippen molar-refractivity contribution in [2.24, 2.45) is 0 Å². The average molecular weight is 267 g/mol. The first-order chi connectivity index (χ1) is 8.82. The van der Waals surface area contributed by atoms with Crippen molar-refractivity contribution in [3.8, 4) is 0 Å². The normalized spacial score (nSPS) is 15.0. The molecule has 19 heavy (non-hydrogen) atoms. The maximum absolute atomic E-state index is 12.7. The van der Waals surface area contributed by atoms with Gasteiger partial charge in [0.1, 0.15) is 5.60 Å². The molecule has 0 saturated carbocycles. The van der Waals surface area contributed by atoms with Gasteiger partial charge in [-0.25, -0.2) is 0 Å². The van der Waals surface area contributed by atoms with Crippen LogP contribution in [0.1, 0.15) is 23.6 Å². The number of halogens is 3. The molecule has 0 aliphatic carbocycles. The summed E-state index contributed by atoms with van der Waals surface area (Å²) in [4.78, 5) is 3.87. The molecule has 0 saturated heterocycles. The maximum Gasteiger partial charge on any atom is 0.416 e. The van der Waals surface area contributed by atoms with E-state index in [0.717, 1.165) is 12.1 Å². The molecule has 0 aliphatic heterocycles. The molecule has 0 radical (unpaired) electrons. The van der Waals surface area contributed by atoms with Crippen LogP contribution in [-0.4, -0.2) is 10.1 Å². The standard InChI is InChI=1S/C14H12F3NO/c1-13(19,12-6-3-7-18-9-12)10-4-2-5-11(8-10)14(15,16)17/h2-9,19H,1H3. The molecule has 0 spiro atoms. The fourth-order valence-electron chi connectivity index (χ4n) is 1.82.